The van der Waals surface area contributed by atoms with Gasteiger partial charge in [0.05, 0.1) is 35.2 Å². The zero-order valence-electron chi connectivity index (χ0n) is 47.0. The van der Waals surface area contributed by atoms with Gasteiger partial charge in [0.15, 0.2) is 11.6 Å². The fourth-order valence-corrected chi connectivity index (χ4v) is 5.84. The quantitative estimate of drug-likeness (QED) is 0.143. The number of aryl methyl sites for hydroxylation is 17. The minimum atomic E-state index is -0.799. The minimum Gasteiger partial charge on any atom is -0.365 e. The highest BCUT2D eigenvalue weighted by Crippen LogP contribution is 2.04. The maximum absolute atomic E-state index is 11.9. The van der Waals surface area contributed by atoms with E-state index >= 15 is 0 Å². The van der Waals surface area contributed by atoms with Crippen molar-refractivity contribution < 1.29 is 22.4 Å². The van der Waals surface area contributed by atoms with Gasteiger partial charge in [-0.3, -0.25) is 14.0 Å². The summed E-state index contributed by atoms with van der Waals surface area (Å²) in [4.78, 5) is 0. The van der Waals surface area contributed by atoms with Crippen molar-refractivity contribution in [3.05, 3.63) is 221 Å². The van der Waals surface area contributed by atoms with Crippen molar-refractivity contribution in [2.24, 2.45) is 49.3 Å². The number of aromatic nitrogens is 14. The zero-order valence-corrected chi connectivity index (χ0v) is 47.8. The summed E-state index contributed by atoms with van der Waals surface area (Å²) in [7, 11) is 13.4. The predicted molar refractivity (Wildman–Crippen MR) is 295 cm³/mol. The topological polar surface area (TPSA) is 164 Å². The van der Waals surface area contributed by atoms with Gasteiger partial charge in [0.2, 0.25) is 0 Å². The molecule has 0 unspecified atom stereocenters. The average Bonchev–Trinajstić information content (AvgIpc) is 4.17. The molecule has 17 nitrogen and oxygen atoms in total. The third kappa shape index (κ3) is 32.5. The van der Waals surface area contributed by atoms with Crippen LogP contribution in [0.3, 0.4) is 0 Å². The van der Waals surface area contributed by atoms with Crippen LogP contribution >= 0.6 is 11.5 Å². The molecular formula is C55H78F2N14O3S. The van der Waals surface area contributed by atoms with E-state index in [0.717, 1.165) is 46.7 Å². The molecular weight excluding hydrogens is 975 g/mol. The second kappa shape index (κ2) is 36.7. The fraction of sp³-hybridized carbons (Fsp3) is 0.327. The molecule has 0 saturated heterocycles. The molecule has 0 amide bonds. The van der Waals surface area contributed by atoms with Crippen LogP contribution in [0.5, 0.6) is 0 Å². The molecule has 406 valence electrons. The molecule has 0 aliphatic heterocycles. The first-order valence-electron chi connectivity index (χ1n) is 23.5. The Morgan fingerprint density at radius 3 is 1.29 bits per heavy atom. The van der Waals surface area contributed by atoms with Crippen molar-refractivity contribution in [1.29, 1.82) is 0 Å². The van der Waals surface area contributed by atoms with E-state index in [1.165, 1.54) is 44.3 Å². The largest absolute Gasteiger partial charge is 0.365 e. The third-order valence-electron chi connectivity index (χ3n) is 9.39. The average molecular weight is 1050 g/mol. The van der Waals surface area contributed by atoms with Crippen molar-refractivity contribution in [3.63, 3.8) is 0 Å². The highest BCUT2D eigenvalue weighted by atomic mass is 32.1. The van der Waals surface area contributed by atoms with E-state index in [2.05, 4.69) is 120 Å². The van der Waals surface area contributed by atoms with E-state index in [1.807, 2.05) is 160 Å². The molecule has 0 spiro atoms. The molecule has 75 heavy (non-hydrogen) atoms. The van der Waals surface area contributed by atoms with Crippen LogP contribution in [0.4, 0.5) is 8.78 Å². The zero-order chi connectivity index (χ0) is 56.3. The fourth-order valence-electron chi connectivity index (χ4n) is 5.29. The lowest BCUT2D eigenvalue weighted by atomic mass is 10.4. The summed E-state index contributed by atoms with van der Waals surface area (Å²) in [5.74, 6) is 0.132. The van der Waals surface area contributed by atoms with Crippen LogP contribution in [0.2, 0.25) is 0 Å². The van der Waals surface area contributed by atoms with Gasteiger partial charge in [-0.1, -0.05) is 15.5 Å². The Hall–Kier alpha value is -8.13. The lowest BCUT2D eigenvalue weighted by Gasteiger charge is -1.96. The van der Waals surface area contributed by atoms with Gasteiger partial charge in [-0.05, 0) is 147 Å². The Morgan fingerprint density at radius 1 is 0.493 bits per heavy atom. The maximum Gasteiger partial charge on any atom is 0.176 e. The van der Waals surface area contributed by atoms with E-state index in [-0.39, 0.29) is 0 Å². The van der Waals surface area contributed by atoms with Gasteiger partial charge in [-0.25, -0.2) is 8.78 Å². The second-order valence-corrected chi connectivity index (χ2v) is 17.6. The van der Waals surface area contributed by atoms with Gasteiger partial charge in [-0.15, -0.1) is 0 Å². The van der Waals surface area contributed by atoms with E-state index in [0.29, 0.717) is 0 Å². The van der Waals surface area contributed by atoms with Crippen LogP contribution in [-0.4, -0.2) is 67.5 Å². The summed E-state index contributed by atoms with van der Waals surface area (Å²) in [6.45, 7) is 21.9. The molecule has 11 aromatic rings. The molecule has 11 rings (SSSR count). The van der Waals surface area contributed by atoms with Crippen LogP contribution in [0, 0.1) is 87.8 Å². The van der Waals surface area contributed by atoms with Crippen molar-refractivity contribution in [3.8, 4) is 0 Å². The lowest BCUT2D eigenvalue weighted by Crippen LogP contribution is -1.91. The molecule has 11 aromatic heterocycles. The molecule has 0 radical (unpaired) electrons. The predicted octanol–water partition coefficient (Wildman–Crippen LogP) is 12.2. The standard InChI is InChI=1S/2C7H11N.C5H5F2N.2C5H8N2.C5H7NO.C5H7N.C4H6N2.2C4H5NO.C4H5NS/c1-6-4-7(2)8(3)5-6;1-6-4-5-7(2)8(6)3;1-8-2-4(6)5(7)3-8;1-5-3-6-7(2)4-5;1-5-3-4-7(2)6-5;1-4-3-5(2)7-6-4;2*1-6-4-2-3-5-6;1-4-2-3-6-5-4;1-4-2-3-5-6-4;1-4-2-3-6-5-4/h2*4-5H,1-3H3;2-3H,1H3;2*3-4H,1-2H3;3H,1-2H3;2-5H,1H3;2-4H,1H3;3*2-3H,1H3. The first-order valence-corrected chi connectivity index (χ1v) is 24.4. The number of hydrogen-bond acceptors (Lipinski definition) is 11. The molecule has 20 heteroatoms. The summed E-state index contributed by atoms with van der Waals surface area (Å²) in [5.41, 5.74) is 10.6. The highest BCUT2D eigenvalue weighted by Gasteiger charge is 2.00. The minimum absolute atomic E-state index is 0.799. The molecule has 0 fully saturated rings. The van der Waals surface area contributed by atoms with Crippen molar-refractivity contribution in [2.75, 3.05) is 0 Å². The normalized spacial score (nSPS) is 9.33. The molecule has 0 aliphatic rings. The van der Waals surface area contributed by atoms with E-state index in [4.69, 9.17) is 4.52 Å². The SMILES string of the molecule is Cc1cc(C)n(C)c1.Cc1cc(C)on1.Cc1ccc(C)n1C.Cc1ccn(C)n1.Cc1ccno1.Cc1ccon1.Cc1ccsn1.Cc1cnn(C)c1.Cn1cc(F)c(F)c1.Cn1cccc1.Cn1cccn1. The monoisotopic (exact) mass is 1050 g/mol. The van der Waals surface area contributed by atoms with Gasteiger partial charge in [0.25, 0.3) is 0 Å². The van der Waals surface area contributed by atoms with Crippen LogP contribution < -0.4 is 0 Å². The summed E-state index contributed by atoms with van der Waals surface area (Å²) < 4.78 is 54.5. The molecule has 0 saturated carbocycles. The Kier molecular flexibility index (Phi) is 31.8. The maximum atomic E-state index is 11.9. The van der Waals surface area contributed by atoms with Crippen LogP contribution in [0.25, 0.3) is 0 Å². The van der Waals surface area contributed by atoms with Crippen molar-refractivity contribution in [2.45, 2.75) is 76.2 Å². The smallest absolute Gasteiger partial charge is 0.176 e. The Morgan fingerprint density at radius 2 is 1.15 bits per heavy atom. The summed E-state index contributed by atoms with van der Waals surface area (Å²) in [5, 5.41) is 24.4. The Labute approximate surface area is 445 Å². The first kappa shape index (κ1) is 64.9. The van der Waals surface area contributed by atoms with Crippen LogP contribution in [-0.2, 0) is 49.3 Å². The lowest BCUT2D eigenvalue weighted by molar-refractivity contribution is 0.393. The molecule has 11 heterocycles. The van der Waals surface area contributed by atoms with Gasteiger partial charge in [0, 0.05) is 146 Å². The van der Waals surface area contributed by atoms with Gasteiger partial charge < -0.3 is 31.8 Å². The van der Waals surface area contributed by atoms with Gasteiger partial charge in [0.1, 0.15) is 17.8 Å². The Balaban J connectivity index is 0.000000413. The summed E-state index contributed by atoms with van der Waals surface area (Å²) >= 11 is 1.49. The van der Waals surface area contributed by atoms with E-state index < -0.39 is 11.6 Å². The second-order valence-electron chi connectivity index (χ2n) is 16.9. The summed E-state index contributed by atoms with van der Waals surface area (Å²) in [6.07, 6.45) is 20.8. The van der Waals surface area contributed by atoms with E-state index in [1.54, 1.807) is 51.9 Å². The van der Waals surface area contributed by atoms with Gasteiger partial charge in [-0.2, -0.15) is 19.7 Å². The molecule has 0 aliphatic carbocycles. The van der Waals surface area contributed by atoms with Gasteiger partial charge >= 0.3 is 0 Å². The number of hydrogen-bond donors (Lipinski definition) is 0. The van der Waals surface area contributed by atoms with Crippen molar-refractivity contribution in [1.82, 2.24) is 67.5 Å². The Bertz CT molecular complexity index is 2580. The third-order valence-corrected chi connectivity index (χ3v) is 10.0. The highest BCUT2D eigenvalue weighted by molar-refractivity contribution is 7.03. The molecule has 0 aromatic carbocycles. The summed E-state index contributed by atoms with van der Waals surface area (Å²) in [6, 6.07) is 21.8. The number of halogens is 2. The van der Waals surface area contributed by atoms with Crippen LogP contribution in [0.15, 0.2) is 160 Å². The molecule has 0 atom stereocenters. The number of nitrogens with zero attached hydrogens (tertiary/aromatic N) is 14. The number of rotatable bonds is 0. The molecule has 0 bridgehead atoms. The molecule has 0 N–H and O–H groups in total. The first-order chi connectivity index (χ1) is 35.4. The van der Waals surface area contributed by atoms with Crippen molar-refractivity contribution >= 4 is 11.5 Å². The van der Waals surface area contributed by atoms with Crippen LogP contribution in [0.1, 0.15) is 62.5 Å². The van der Waals surface area contributed by atoms with E-state index in [9.17, 15) is 8.78 Å².